The number of likely N-dealkylation sites (N-methyl/N-ethyl adjacent to an activating group) is 1. The van der Waals surface area contributed by atoms with Crippen molar-refractivity contribution in [3.8, 4) is 11.5 Å². The molecule has 0 unspecified atom stereocenters. The highest BCUT2D eigenvalue weighted by molar-refractivity contribution is 7.90. The first-order chi connectivity index (χ1) is 16.3. The van der Waals surface area contributed by atoms with Gasteiger partial charge >= 0.3 is 0 Å². The topological polar surface area (TPSA) is 92.5 Å². The molecular weight excluding hydrogens is 450 g/mol. The van der Waals surface area contributed by atoms with E-state index in [-0.39, 0.29) is 16.6 Å². The van der Waals surface area contributed by atoms with Crippen molar-refractivity contribution >= 4 is 15.7 Å². The minimum Gasteiger partial charge on any atom is -0.441 e. The van der Waals surface area contributed by atoms with Gasteiger partial charge in [-0.3, -0.25) is 9.69 Å². The fourth-order valence-corrected chi connectivity index (χ4v) is 5.66. The lowest BCUT2D eigenvalue weighted by molar-refractivity contribution is 0.0941. The standard InChI is InChI=1S/C26H31N3O4S/c1-4-29-15-5-6-22(29)16-27-25(30)20-9-11-21(12-10-20)26-28-24(19(3)33-26)17-34(31,32)23-13-7-18(2)8-14-23/h7-14,22H,4-6,15-17H2,1-3H3,(H,27,30)/t22-/m0/s1. The summed E-state index contributed by atoms with van der Waals surface area (Å²) < 4.78 is 31.4. The van der Waals surface area contributed by atoms with Gasteiger partial charge in [0.15, 0.2) is 9.84 Å². The molecule has 180 valence electrons. The normalized spacial score (nSPS) is 16.6. The number of hydrogen-bond donors (Lipinski definition) is 1. The number of aryl methyl sites for hydroxylation is 2. The summed E-state index contributed by atoms with van der Waals surface area (Å²) in [7, 11) is -3.54. The van der Waals surface area contributed by atoms with Gasteiger partial charge in [-0.2, -0.15) is 0 Å². The molecule has 1 atom stereocenters. The summed E-state index contributed by atoms with van der Waals surface area (Å²) in [4.78, 5) is 19.7. The number of benzene rings is 2. The van der Waals surface area contributed by atoms with Gasteiger partial charge in [0.1, 0.15) is 11.5 Å². The van der Waals surface area contributed by atoms with Gasteiger partial charge in [0.25, 0.3) is 5.91 Å². The summed E-state index contributed by atoms with van der Waals surface area (Å²) in [6.45, 7) is 8.50. The predicted molar refractivity (Wildman–Crippen MR) is 131 cm³/mol. The molecule has 1 N–H and O–H groups in total. The van der Waals surface area contributed by atoms with Gasteiger partial charge < -0.3 is 9.73 Å². The third-order valence-electron chi connectivity index (χ3n) is 6.40. The molecule has 0 aliphatic carbocycles. The van der Waals surface area contributed by atoms with E-state index in [4.69, 9.17) is 4.42 Å². The van der Waals surface area contributed by atoms with Crippen LogP contribution in [0.1, 0.15) is 47.1 Å². The first-order valence-electron chi connectivity index (χ1n) is 11.6. The summed E-state index contributed by atoms with van der Waals surface area (Å²) in [6, 6.07) is 14.2. The molecular formula is C26H31N3O4S. The predicted octanol–water partition coefficient (Wildman–Crippen LogP) is 4.15. The van der Waals surface area contributed by atoms with Crippen LogP contribution >= 0.6 is 0 Å². The van der Waals surface area contributed by atoms with Gasteiger partial charge in [0.2, 0.25) is 5.89 Å². The average Bonchev–Trinajstić information content (AvgIpc) is 3.43. The number of hydrogen-bond acceptors (Lipinski definition) is 6. The van der Waals surface area contributed by atoms with E-state index in [1.165, 1.54) is 6.42 Å². The van der Waals surface area contributed by atoms with E-state index in [0.29, 0.717) is 41.1 Å². The minimum absolute atomic E-state index is 0.108. The molecule has 1 aliphatic rings. The fourth-order valence-electron chi connectivity index (χ4n) is 4.31. The van der Waals surface area contributed by atoms with Crippen LogP contribution in [0.4, 0.5) is 0 Å². The van der Waals surface area contributed by atoms with E-state index in [1.807, 2.05) is 6.92 Å². The number of oxazole rings is 1. The van der Waals surface area contributed by atoms with Crippen LogP contribution < -0.4 is 5.32 Å². The van der Waals surface area contributed by atoms with Crippen LogP contribution in [0, 0.1) is 13.8 Å². The van der Waals surface area contributed by atoms with Gasteiger partial charge in [-0.15, -0.1) is 0 Å². The third kappa shape index (κ3) is 5.39. The molecule has 34 heavy (non-hydrogen) atoms. The monoisotopic (exact) mass is 481 g/mol. The molecule has 0 saturated carbocycles. The Morgan fingerprint density at radius 3 is 2.50 bits per heavy atom. The van der Waals surface area contributed by atoms with Crippen LogP contribution in [-0.4, -0.2) is 49.9 Å². The highest BCUT2D eigenvalue weighted by Gasteiger charge is 2.24. The summed E-state index contributed by atoms with van der Waals surface area (Å²) in [5.74, 6) is 0.456. The average molecular weight is 482 g/mol. The number of carbonyl (C=O) groups excluding carboxylic acids is 1. The lowest BCUT2D eigenvalue weighted by atomic mass is 10.1. The Labute approximate surface area is 201 Å². The Morgan fingerprint density at radius 1 is 1.12 bits per heavy atom. The second kappa shape index (κ2) is 10.1. The van der Waals surface area contributed by atoms with Crippen molar-refractivity contribution in [2.24, 2.45) is 0 Å². The van der Waals surface area contributed by atoms with Crippen LogP contribution in [0.15, 0.2) is 57.8 Å². The molecule has 1 amide bonds. The third-order valence-corrected chi connectivity index (χ3v) is 8.04. The first kappa shape index (κ1) is 24.2. The van der Waals surface area contributed by atoms with E-state index in [1.54, 1.807) is 55.5 Å². The number of amides is 1. The van der Waals surface area contributed by atoms with Crippen molar-refractivity contribution in [3.63, 3.8) is 0 Å². The molecule has 4 rings (SSSR count). The van der Waals surface area contributed by atoms with Gasteiger partial charge in [0.05, 0.1) is 10.6 Å². The number of likely N-dealkylation sites (tertiary alicyclic amines) is 1. The number of sulfone groups is 1. The quantitative estimate of drug-likeness (QED) is 0.520. The second-order valence-electron chi connectivity index (χ2n) is 8.81. The van der Waals surface area contributed by atoms with Crippen molar-refractivity contribution < 1.29 is 17.6 Å². The Balaban J connectivity index is 1.42. The smallest absolute Gasteiger partial charge is 0.251 e. The zero-order chi connectivity index (χ0) is 24.3. The number of aromatic nitrogens is 1. The highest BCUT2D eigenvalue weighted by Crippen LogP contribution is 2.25. The zero-order valence-corrected chi connectivity index (χ0v) is 20.7. The molecule has 0 radical (unpaired) electrons. The van der Waals surface area contributed by atoms with Crippen LogP contribution in [0.3, 0.4) is 0 Å². The second-order valence-corrected chi connectivity index (χ2v) is 10.8. The van der Waals surface area contributed by atoms with Crippen molar-refractivity contribution in [1.82, 2.24) is 15.2 Å². The summed E-state index contributed by atoms with van der Waals surface area (Å²) >= 11 is 0. The maximum atomic E-state index is 12.8. The fraction of sp³-hybridized carbons (Fsp3) is 0.385. The number of nitrogens with one attached hydrogen (secondary N) is 1. The maximum absolute atomic E-state index is 12.8. The largest absolute Gasteiger partial charge is 0.441 e. The minimum atomic E-state index is -3.54. The molecule has 1 saturated heterocycles. The summed E-state index contributed by atoms with van der Waals surface area (Å²) in [6.07, 6.45) is 2.28. The lowest BCUT2D eigenvalue weighted by Crippen LogP contribution is -2.40. The van der Waals surface area contributed by atoms with Crippen molar-refractivity contribution in [2.45, 2.75) is 50.3 Å². The van der Waals surface area contributed by atoms with E-state index in [9.17, 15) is 13.2 Å². The SMILES string of the molecule is CCN1CCC[C@H]1CNC(=O)c1ccc(-c2nc(CS(=O)(=O)c3ccc(C)cc3)c(C)o2)cc1. The van der Waals surface area contributed by atoms with Crippen LogP contribution in [0.5, 0.6) is 0 Å². The Morgan fingerprint density at radius 2 is 1.82 bits per heavy atom. The first-order valence-corrected chi connectivity index (χ1v) is 13.3. The molecule has 8 heteroatoms. The van der Waals surface area contributed by atoms with Crippen molar-refractivity contribution in [2.75, 3.05) is 19.6 Å². The van der Waals surface area contributed by atoms with E-state index < -0.39 is 9.84 Å². The number of carbonyl (C=O) groups is 1. The molecule has 1 aromatic heterocycles. The molecule has 3 aromatic rings. The van der Waals surface area contributed by atoms with Gasteiger partial charge in [-0.25, -0.2) is 13.4 Å². The lowest BCUT2D eigenvalue weighted by Gasteiger charge is -2.22. The van der Waals surface area contributed by atoms with Crippen molar-refractivity contribution in [1.29, 1.82) is 0 Å². The summed E-state index contributed by atoms with van der Waals surface area (Å²) in [5, 5.41) is 3.04. The van der Waals surface area contributed by atoms with E-state index in [0.717, 1.165) is 25.1 Å². The molecule has 1 aliphatic heterocycles. The van der Waals surface area contributed by atoms with Gasteiger partial charge in [-0.05, 0) is 76.2 Å². The van der Waals surface area contributed by atoms with Crippen LogP contribution in [0.2, 0.25) is 0 Å². The van der Waals surface area contributed by atoms with E-state index in [2.05, 4.69) is 22.1 Å². The Hall–Kier alpha value is -2.97. The maximum Gasteiger partial charge on any atom is 0.251 e. The molecule has 2 aromatic carbocycles. The molecule has 0 bridgehead atoms. The number of rotatable bonds is 8. The van der Waals surface area contributed by atoms with Crippen molar-refractivity contribution in [3.05, 3.63) is 71.1 Å². The molecule has 2 heterocycles. The molecule has 0 spiro atoms. The molecule has 1 fully saturated rings. The van der Waals surface area contributed by atoms with E-state index >= 15 is 0 Å². The Kier molecular flexibility index (Phi) is 7.19. The Bertz CT molecular complexity index is 1250. The zero-order valence-electron chi connectivity index (χ0n) is 19.9. The van der Waals surface area contributed by atoms with Gasteiger partial charge in [0, 0.05) is 23.7 Å². The molecule has 7 nitrogen and oxygen atoms in total. The van der Waals surface area contributed by atoms with Gasteiger partial charge in [-0.1, -0.05) is 24.6 Å². The van der Waals surface area contributed by atoms with Crippen LogP contribution in [-0.2, 0) is 15.6 Å². The summed E-state index contributed by atoms with van der Waals surface area (Å²) in [5.41, 5.74) is 2.63. The number of nitrogens with zero attached hydrogens (tertiary/aromatic N) is 2. The van der Waals surface area contributed by atoms with Crippen LogP contribution in [0.25, 0.3) is 11.5 Å². The highest BCUT2D eigenvalue weighted by atomic mass is 32.2.